The van der Waals surface area contributed by atoms with Gasteiger partial charge in [-0.2, -0.15) is 0 Å². The standard InChI is InChI=1S/C14H17ClN2O3S/c1-14(6-8-20-10-14)17-21(18,19)13-5-4-11(3-2-7-16)9-12(13)15/h4-5,9,17H,6-8,10,16H2,1H3. The Morgan fingerprint density at radius 1 is 1.52 bits per heavy atom. The summed E-state index contributed by atoms with van der Waals surface area (Å²) in [6, 6.07) is 4.58. The largest absolute Gasteiger partial charge is 0.379 e. The third-order valence-electron chi connectivity index (χ3n) is 3.16. The van der Waals surface area contributed by atoms with Crippen molar-refractivity contribution < 1.29 is 13.2 Å². The number of sulfonamides is 1. The van der Waals surface area contributed by atoms with Gasteiger partial charge in [-0.1, -0.05) is 23.4 Å². The van der Waals surface area contributed by atoms with Gasteiger partial charge in [0.05, 0.1) is 23.7 Å². The van der Waals surface area contributed by atoms with Crippen molar-refractivity contribution in [2.75, 3.05) is 19.8 Å². The lowest BCUT2D eigenvalue weighted by molar-refractivity contribution is 0.178. The van der Waals surface area contributed by atoms with Crippen LogP contribution in [-0.2, 0) is 14.8 Å². The minimum atomic E-state index is -3.70. The lowest BCUT2D eigenvalue weighted by Gasteiger charge is -2.23. The average Bonchev–Trinajstić information content (AvgIpc) is 2.81. The Hall–Kier alpha value is -1.10. The Kier molecular flexibility index (Phi) is 4.91. The number of benzene rings is 1. The van der Waals surface area contributed by atoms with E-state index in [4.69, 9.17) is 22.1 Å². The van der Waals surface area contributed by atoms with Crippen molar-refractivity contribution in [2.24, 2.45) is 5.73 Å². The van der Waals surface area contributed by atoms with Gasteiger partial charge in [-0.05, 0) is 31.5 Å². The van der Waals surface area contributed by atoms with E-state index in [1.165, 1.54) is 12.1 Å². The molecule has 0 bridgehead atoms. The Bertz CT molecular complexity index is 686. The highest BCUT2D eigenvalue weighted by Gasteiger charge is 2.35. The van der Waals surface area contributed by atoms with Crippen LogP contribution in [0.2, 0.25) is 5.02 Å². The Morgan fingerprint density at radius 2 is 2.29 bits per heavy atom. The molecule has 3 N–H and O–H groups in total. The Labute approximate surface area is 129 Å². The van der Waals surface area contributed by atoms with Gasteiger partial charge in [0.2, 0.25) is 10.0 Å². The van der Waals surface area contributed by atoms with E-state index in [2.05, 4.69) is 16.6 Å². The molecule has 1 unspecified atom stereocenters. The lowest BCUT2D eigenvalue weighted by Crippen LogP contribution is -2.46. The third kappa shape index (κ3) is 3.96. The lowest BCUT2D eigenvalue weighted by atomic mass is 10.0. The average molecular weight is 329 g/mol. The fourth-order valence-corrected chi connectivity index (χ4v) is 4.04. The monoisotopic (exact) mass is 328 g/mol. The first kappa shape index (κ1) is 16.3. The molecule has 1 atom stereocenters. The summed E-state index contributed by atoms with van der Waals surface area (Å²) in [7, 11) is -3.70. The van der Waals surface area contributed by atoms with Gasteiger partial charge in [0, 0.05) is 12.2 Å². The number of halogens is 1. The molecule has 21 heavy (non-hydrogen) atoms. The number of hydrogen-bond donors (Lipinski definition) is 2. The van der Waals surface area contributed by atoms with E-state index in [1.807, 2.05) is 6.92 Å². The van der Waals surface area contributed by atoms with E-state index in [-0.39, 0.29) is 16.5 Å². The van der Waals surface area contributed by atoms with Crippen molar-refractivity contribution in [1.82, 2.24) is 4.72 Å². The van der Waals surface area contributed by atoms with Gasteiger partial charge >= 0.3 is 0 Å². The van der Waals surface area contributed by atoms with Crippen LogP contribution in [0.4, 0.5) is 0 Å². The summed E-state index contributed by atoms with van der Waals surface area (Å²) >= 11 is 6.07. The second-order valence-corrected chi connectivity index (χ2v) is 7.18. The van der Waals surface area contributed by atoms with Crippen molar-refractivity contribution in [3.8, 4) is 11.8 Å². The Morgan fingerprint density at radius 3 is 2.86 bits per heavy atom. The van der Waals surface area contributed by atoms with Crippen LogP contribution in [0, 0.1) is 11.8 Å². The summed E-state index contributed by atoms with van der Waals surface area (Å²) in [6.07, 6.45) is 0.629. The molecule has 1 heterocycles. The normalized spacial score (nSPS) is 21.9. The van der Waals surface area contributed by atoms with Gasteiger partial charge in [0.1, 0.15) is 4.90 Å². The number of hydrogen-bond acceptors (Lipinski definition) is 4. The van der Waals surface area contributed by atoms with E-state index >= 15 is 0 Å². The molecule has 114 valence electrons. The van der Waals surface area contributed by atoms with Crippen LogP contribution in [0.25, 0.3) is 0 Å². The molecule has 5 nitrogen and oxygen atoms in total. The molecule has 1 aliphatic rings. The molecule has 0 spiro atoms. The third-order valence-corrected chi connectivity index (χ3v) is 5.28. The van der Waals surface area contributed by atoms with Crippen LogP contribution in [-0.4, -0.2) is 33.7 Å². The summed E-state index contributed by atoms with van der Waals surface area (Å²) in [5.74, 6) is 5.50. The second-order valence-electron chi connectivity index (χ2n) is 5.12. The molecule has 2 rings (SSSR count). The predicted molar refractivity (Wildman–Crippen MR) is 81.5 cm³/mol. The van der Waals surface area contributed by atoms with Crippen LogP contribution in [0.15, 0.2) is 23.1 Å². The second kappa shape index (κ2) is 6.34. The molecule has 0 radical (unpaired) electrons. The highest BCUT2D eigenvalue weighted by Crippen LogP contribution is 2.26. The van der Waals surface area contributed by atoms with Gasteiger partial charge in [-0.15, -0.1) is 0 Å². The minimum absolute atomic E-state index is 0.0376. The van der Waals surface area contributed by atoms with Crippen LogP contribution in [0.3, 0.4) is 0 Å². The molecule has 0 saturated carbocycles. The maximum atomic E-state index is 12.4. The quantitative estimate of drug-likeness (QED) is 0.814. The number of nitrogens with two attached hydrogens (primary N) is 1. The highest BCUT2D eigenvalue weighted by molar-refractivity contribution is 7.89. The molecule has 0 aliphatic carbocycles. The maximum Gasteiger partial charge on any atom is 0.242 e. The predicted octanol–water partition coefficient (Wildman–Crippen LogP) is 1.11. The summed E-state index contributed by atoms with van der Waals surface area (Å²) < 4.78 is 32.8. The van der Waals surface area contributed by atoms with Crippen molar-refractivity contribution in [1.29, 1.82) is 0 Å². The molecule has 0 amide bonds. The molecule has 1 saturated heterocycles. The van der Waals surface area contributed by atoms with Crippen LogP contribution >= 0.6 is 11.6 Å². The number of nitrogens with one attached hydrogen (secondary N) is 1. The molecule has 7 heteroatoms. The SMILES string of the molecule is CC1(NS(=O)(=O)c2ccc(C#CCN)cc2Cl)CCOC1. The summed E-state index contributed by atoms with van der Waals surface area (Å²) in [5.41, 5.74) is 5.32. The van der Waals surface area contributed by atoms with Crippen molar-refractivity contribution in [3.63, 3.8) is 0 Å². The summed E-state index contributed by atoms with van der Waals surface area (Å²) in [4.78, 5) is 0.0376. The first-order valence-electron chi connectivity index (χ1n) is 6.46. The van der Waals surface area contributed by atoms with Gasteiger partial charge in [-0.3, -0.25) is 0 Å². The van der Waals surface area contributed by atoms with E-state index in [0.29, 0.717) is 25.2 Å². The molecular weight excluding hydrogens is 312 g/mol. The van der Waals surface area contributed by atoms with Gasteiger partial charge < -0.3 is 10.5 Å². The molecule has 1 aromatic rings. The van der Waals surface area contributed by atoms with Crippen molar-refractivity contribution in [3.05, 3.63) is 28.8 Å². The Balaban J connectivity index is 2.28. The fraction of sp³-hybridized carbons (Fsp3) is 0.429. The van der Waals surface area contributed by atoms with E-state index in [9.17, 15) is 8.42 Å². The van der Waals surface area contributed by atoms with Crippen LogP contribution in [0.5, 0.6) is 0 Å². The van der Waals surface area contributed by atoms with E-state index < -0.39 is 15.6 Å². The molecular formula is C14H17ClN2O3S. The molecule has 1 aliphatic heterocycles. The minimum Gasteiger partial charge on any atom is -0.379 e. The molecule has 1 aromatic carbocycles. The topological polar surface area (TPSA) is 81.4 Å². The van der Waals surface area contributed by atoms with E-state index in [0.717, 1.165) is 0 Å². The smallest absolute Gasteiger partial charge is 0.242 e. The zero-order valence-electron chi connectivity index (χ0n) is 11.6. The van der Waals surface area contributed by atoms with Gasteiger partial charge in [0.25, 0.3) is 0 Å². The zero-order valence-corrected chi connectivity index (χ0v) is 13.2. The van der Waals surface area contributed by atoms with Crippen molar-refractivity contribution in [2.45, 2.75) is 23.8 Å². The fourth-order valence-electron chi connectivity index (χ4n) is 2.08. The molecule has 0 aromatic heterocycles. The maximum absolute atomic E-state index is 12.4. The molecule has 1 fully saturated rings. The zero-order chi connectivity index (χ0) is 15.5. The summed E-state index contributed by atoms with van der Waals surface area (Å²) in [6.45, 7) is 2.94. The first-order chi connectivity index (χ1) is 9.86. The van der Waals surface area contributed by atoms with Crippen LogP contribution in [0.1, 0.15) is 18.9 Å². The van der Waals surface area contributed by atoms with Gasteiger partial charge in [0.15, 0.2) is 0 Å². The first-order valence-corrected chi connectivity index (χ1v) is 8.33. The van der Waals surface area contributed by atoms with Crippen LogP contribution < -0.4 is 10.5 Å². The highest BCUT2D eigenvalue weighted by atomic mass is 35.5. The van der Waals surface area contributed by atoms with E-state index in [1.54, 1.807) is 6.07 Å². The van der Waals surface area contributed by atoms with Gasteiger partial charge in [-0.25, -0.2) is 13.1 Å². The number of ether oxygens (including phenoxy) is 1. The summed E-state index contributed by atoms with van der Waals surface area (Å²) in [5, 5.41) is 0.133. The van der Waals surface area contributed by atoms with Crippen molar-refractivity contribution >= 4 is 21.6 Å². The number of rotatable bonds is 3.